The quantitative estimate of drug-likeness (QED) is 0.480. The first-order valence-corrected chi connectivity index (χ1v) is 11.8. The van der Waals surface area contributed by atoms with E-state index in [1.54, 1.807) is 20.8 Å². The van der Waals surface area contributed by atoms with E-state index in [0.29, 0.717) is 11.3 Å². The summed E-state index contributed by atoms with van der Waals surface area (Å²) in [7, 11) is -4.16. The van der Waals surface area contributed by atoms with Crippen LogP contribution in [0.5, 0.6) is 5.75 Å². The lowest BCUT2D eigenvalue weighted by Gasteiger charge is -2.21. The second-order valence-electron chi connectivity index (χ2n) is 7.77. The van der Waals surface area contributed by atoms with Gasteiger partial charge in [0.05, 0.1) is 10.6 Å². The Bertz CT molecular complexity index is 1150. The standard InChI is InChI=1S/C22H26F3N3O5S/c1-5-15-11-16(27-21(30)20(13(2)3)26-14(4)29)9-10-19(15)34(31,32)28-17-7-6-8-18(12-17)33-22(23,24)25/h6-13,20,28H,5H2,1-4H3,(H,26,29)(H,27,30). The third-order valence-electron chi connectivity index (χ3n) is 4.63. The van der Waals surface area contributed by atoms with Crippen molar-refractivity contribution in [3.63, 3.8) is 0 Å². The summed E-state index contributed by atoms with van der Waals surface area (Å²) in [4.78, 5) is 23.9. The molecular weight excluding hydrogens is 475 g/mol. The van der Waals surface area contributed by atoms with Gasteiger partial charge in [-0.1, -0.05) is 26.8 Å². The molecule has 1 unspecified atom stereocenters. The van der Waals surface area contributed by atoms with Crippen LogP contribution in [-0.2, 0) is 26.0 Å². The van der Waals surface area contributed by atoms with Gasteiger partial charge < -0.3 is 15.4 Å². The highest BCUT2D eigenvalue weighted by Crippen LogP contribution is 2.28. The molecule has 0 aliphatic rings. The van der Waals surface area contributed by atoms with Gasteiger partial charge in [-0.05, 0) is 48.2 Å². The first-order valence-electron chi connectivity index (χ1n) is 10.3. The van der Waals surface area contributed by atoms with Gasteiger partial charge in [0.2, 0.25) is 11.8 Å². The van der Waals surface area contributed by atoms with Crippen LogP contribution in [0.4, 0.5) is 24.5 Å². The van der Waals surface area contributed by atoms with Crippen LogP contribution in [0.15, 0.2) is 47.4 Å². The second-order valence-corrected chi connectivity index (χ2v) is 9.42. The zero-order valence-electron chi connectivity index (χ0n) is 19.0. The highest BCUT2D eigenvalue weighted by atomic mass is 32.2. The fraction of sp³-hybridized carbons (Fsp3) is 0.364. The van der Waals surface area contributed by atoms with E-state index in [4.69, 9.17) is 0 Å². The Morgan fingerprint density at radius 3 is 2.29 bits per heavy atom. The maximum absolute atomic E-state index is 12.9. The van der Waals surface area contributed by atoms with E-state index < -0.39 is 34.1 Å². The minimum Gasteiger partial charge on any atom is -0.406 e. The lowest BCUT2D eigenvalue weighted by Crippen LogP contribution is -2.46. The minimum atomic E-state index is -4.92. The predicted molar refractivity (Wildman–Crippen MR) is 121 cm³/mol. The van der Waals surface area contributed by atoms with Crippen LogP contribution in [0.2, 0.25) is 0 Å². The number of carbonyl (C=O) groups is 2. The second kappa shape index (κ2) is 10.8. The smallest absolute Gasteiger partial charge is 0.406 e. The molecule has 3 N–H and O–H groups in total. The number of ether oxygens (including phenoxy) is 1. The summed E-state index contributed by atoms with van der Waals surface area (Å²) >= 11 is 0. The molecule has 12 heteroatoms. The summed E-state index contributed by atoms with van der Waals surface area (Å²) in [6.45, 7) is 6.56. The highest BCUT2D eigenvalue weighted by Gasteiger charge is 2.31. The number of benzene rings is 2. The summed E-state index contributed by atoms with van der Waals surface area (Å²) in [5.41, 5.74) is 0.585. The van der Waals surface area contributed by atoms with E-state index in [0.717, 1.165) is 12.1 Å². The van der Waals surface area contributed by atoms with Gasteiger partial charge in [0.15, 0.2) is 0 Å². The average molecular weight is 502 g/mol. The Kier molecular flexibility index (Phi) is 8.54. The monoisotopic (exact) mass is 501 g/mol. The van der Waals surface area contributed by atoms with E-state index in [-0.39, 0.29) is 28.8 Å². The van der Waals surface area contributed by atoms with Gasteiger partial charge in [-0.15, -0.1) is 13.2 Å². The topological polar surface area (TPSA) is 114 Å². The largest absolute Gasteiger partial charge is 0.573 e. The van der Waals surface area contributed by atoms with Crippen molar-refractivity contribution < 1.29 is 35.9 Å². The highest BCUT2D eigenvalue weighted by molar-refractivity contribution is 7.92. The zero-order valence-corrected chi connectivity index (χ0v) is 19.8. The van der Waals surface area contributed by atoms with Crippen LogP contribution in [0.3, 0.4) is 0 Å². The molecule has 0 fully saturated rings. The number of sulfonamides is 1. The molecule has 2 amide bonds. The Balaban J connectivity index is 2.27. The molecule has 0 saturated heterocycles. The summed E-state index contributed by atoms with van der Waals surface area (Å²) in [6.07, 6.45) is -4.63. The lowest BCUT2D eigenvalue weighted by atomic mass is 10.0. The van der Waals surface area contributed by atoms with Gasteiger partial charge in [-0.2, -0.15) is 0 Å². The Morgan fingerprint density at radius 1 is 1.06 bits per heavy atom. The van der Waals surface area contributed by atoms with Crippen LogP contribution >= 0.6 is 0 Å². The van der Waals surface area contributed by atoms with Crippen LogP contribution in [-0.4, -0.2) is 32.6 Å². The van der Waals surface area contributed by atoms with E-state index in [1.807, 2.05) is 0 Å². The molecule has 8 nitrogen and oxygen atoms in total. The summed E-state index contributed by atoms with van der Waals surface area (Å²) in [5.74, 6) is -1.57. The summed E-state index contributed by atoms with van der Waals surface area (Å²) in [5, 5.41) is 5.24. The van der Waals surface area contributed by atoms with Crippen LogP contribution < -0.4 is 20.1 Å². The fourth-order valence-corrected chi connectivity index (χ4v) is 4.48. The zero-order chi connectivity index (χ0) is 25.7. The Morgan fingerprint density at radius 2 is 1.74 bits per heavy atom. The molecule has 186 valence electrons. The van der Waals surface area contributed by atoms with Gasteiger partial charge >= 0.3 is 6.36 Å². The number of nitrogens with one attached hydrogen (secondary N) is 3. The third-order valence-corrected chi connectivity index (χ3v) is 6.11. The maximum Gasteiger partial charge on any atom is 0.573 e. The number of anilines is 2. The van der Waals surface area contributed by atoms with Crippen molar-refractivity contribution in [2.75, 3.05) is 10.0 Å². The molecule has 0 aliphatic carbocycles. The van der Waals surface area contributed by atoms with E-state index in [1.165, 1.54) is 37.3 Å². The van der Waals surface area contributed by atoms with E-state index >= 15 is 0 Å². The first-order chi connectivity index (χ1) is 15.7. The number of rotatable bonds is 9. The van der Waals surface area contributed by atoms with Crippen LogP contribution in [0, 0.1) is 5.92 Å². The number of hydrogen-bond donors (Lipinski definition) is 3. The van der Waals surface area contributed by atoms with Crippen molar-refractivity contribution in [3.8, 4) is 5.75 Å². The van der Waals surface area contributed by atoms with Crippen molar-refractivity contribution >= 4 is 33.2 Å². The molecule has 2 aromatic carbocycles. The van der Waals surface area contributed by atoms with Crippen molar-refractivity contribution in [3.05, 3.63) is 48.0 Å². The molecule has 1 atom stereocenters. The molecule has 0 heterocycles. The number of alkyl halides is 3. The molecule has 0 aromatic heterocycles. The molecule has 34 heavy (non-hydrogen) atoms. The van der Waals surface area contributed by atoms with Gasteiger partial charge in [0.1, 0.15) is 11.8 Å². The minimum absolute atomic E-state index is 0.0996. The Hall–Kier alpha value is -3.28. The molecule has 0 spiro atoms. The number of halogens is 3. The molecule has 0 radical (unpaired) electrons. The molecule has 2 aromatic rings. The van der Waals surface area contributed by atoms with Crippen LogP contribution in [0.1, 0.15) is 33.3 Å². The number of carbonyl (C=O) groups excluding carboxylic acids is 2. The predicted octanol–water partition coefficient (Wildman–Crippen LogP) is 4.05. The van der Waals surface area contributed by atoms with Crippen molar-refractivity contribution in [1.29, 1.82) is 0 Å². The average Bonchev–Trinajstić information content (AvgIpc) is 2.70. The van der Waals surface area contributed by atoms with Crippen molar-refractivity contribution in [1.82, 2.24) is 5.32 Å². The van der Waals surface area contributed by atoms with Crippen molar-refractivity contribution in [2.24, 2.45) is 5.92 Å². The Labute approximate surface area is 195 Å². The lowest BCUT2D eigenvalue weighted by molar-refractivity contribution is -0.274. The molecule has 2 rings (SSSR count). The SMILES string of the molecule is CCc1cc(NC(=O)C(NC(C)=O)C(C)C)ccc1S(=O)(=O)Nc1cccc(OC(F)(F)F)c1. The number of amides is 2. The van der Waals surface area contributed by atoms with Crippen molar-refractivity contribution in [2.45, 2.75) is 51.4 Å². The summed E-state index contributed by atoms with van der Waals surface area (Å²) < 4.78 is 69.2. The molecular formula is C22H26F3N3O5S. The number of hydrogen-bond acceptors (Lipinski definition) is 5. The van der Waals surface area contributed by atoms with Gasteiger partial charge in [-0.3, -0.25) is 14.3 Å². The van der Waals surface area contributed by atoms with Gasteiger partial charge in [0.25, 0.3) is 10.0 Å². The molecule has 0 bridgehead atoms. The maximum atomic E-state index is 12.9. The van der Waals surface area contributed by atoms with Gasteiger partial charge in [-0.25, -0.2) is 8.42 Å². The fourth-order valence-electron chi connectivity index (χ4n) is 3.14. The first kappa shape index (κ1) is 27.0. The third kappa shape index (κ3) is 7.65. The molecule has 0 saturated carbocycles. The normalized spacial score (nSPS) is 12.7. The van der Waals surface area contributed by atoms with E-state index in [2.05, 4.69) is 20.1 Å². The van der Waals surface area contributed by atoms with E-state index in [9.17, 15) is 31.2 Å². The van der Waals surface area contributed by atoms with Gasteiger partial charge in [0, 0.05) is 18.7 Å². The molecule has 0 aliphatic heterocycles. The summed E-state index contributed by atoms with van der Waals surface area (Å²) in [6, 6.07) is 7.86. The van der Waals surface area contributed by atoms with Crippen LogP contribution in [0.25, 0.3) is 0 Å². The number of aryl methyl sites for hydroxylation is 1.